The molecule has 0 spiro atoms. The van der Waals surface area contributed by atoms with Gasteiger partial charge in [-0.2, -0.15) is 0 Å². The Morgan fingerprint density at radius 2 is 2.20 bits per heavy atom. The van der Waals surface area contributed by atoms with E-state index in [0.29, 0.717) is 11.8 Å². The van der Waals surface area contributed by atoms with Crippen molar-refractivity contribution in [2.45, 2.75) is 38.6 Å². The smallest absolute Gasteiger partial charge is 0.211 e. The average Bonchev–Trinajstić information content (AvgIpc) is 3.16. The van der Waals surface area contributed by atoms with E-state index < -0.39 is 16.7 Å². The number of benzene rings is 1. The van der Waals surface area contributed by atoms with Gasteiger partial charge in [0.2, 0.25) is 10.0 Å². The minimum absolute atomic E-state index is 0.0635. The molecule has 3 nitrogen and oxygen atoms in total. The standard InChI is InChI=1S/C15H22FNO2S/c1-11-5-3-6-13(9-11)15-10-14(15)12(2)17-20(18,19)8-4-7-16/h3,5-6,9,12,14-15,17H,4,7-8,10H2,1-2H3. The molecule has 0 saturated heterocycles. The molecule has 1 aromatic rings. The van der Waals surface area contributed by atoms with E-state index >= 15 is 0 Å². The third-order valence-corrected chi connectivity index (χ3v) is 5.42. The molecule has 1 fully saturated rings. The molecular weight excluding hydrogens is 277 g/mol. The number of aryl methyl sites for hydroxylation is 1. The Morgan fingerprint density at radius 1 is 1.45 bits per heavy atom. The molecule has 5 heteroatoms. The molecule has 1 saturated carbocycles. The molecule has 1 N–H and O–H groups in total. The summed E-state index contributed by atoms with van der Waals surface area (Å²) < 4.78 is 38.2. The van der Waals surface area contributed by atoms with Gasteiger partial charge in [0, 0.05) is 6.04 Å². The van der Waals surface area contributed by atoms with E-state index in [4.69, 9.17) is 0 Å². The van der Waals surface area contributed by atoms with E-state index in [-0.39, 0.29) is 18.2 Å². The fourth-order valence-corrected chi connectivity index (χ4v) is 4.07. The fourth-order valence-electron chi connectivity index (χ4n) is 2.73. The van der Waals surface area contributed by atoms with Gasteiger partial charge in [0.25, 0.3) is 0 Å². The van der Waals surface area contributed by atoms with Crippen molar-refractivity contribution in [2.24, 2.45) is 5.92 Å². The van der Waals surface area contributed by atoms with Crippen molar-refractivity contribution in [1.82, 2.24) is 4.72 Å². The molecule has 1 aliphatic carbocycles. The highest BCUT2D eigenvalue weighted by atomic mass is 32.2. The van der Waals surface area contributed by atoms with Crippen LogP contribution < -0.4 is 4.72 Å². The van der Waals surface area contributed by atoms with Crippen molar-refractivity contribution in [1.29, 1.82) is 0 Å². The number of alkyl halides is 1. The predicted octanol–water partition coefficient (Wildman–Crippen LogP) is 2.77. The van der Waals surface area contributed by atoms with Gasteiger partial charge in [0.05, 0.1) is 12.4 Å². The molecule has 3 atom stereocenters. The summed E-state index contributed by atoms with van der Waals surface area (Å²) in [6.45, 7) is 3.36. The lowest BCUT2D eigenvalue weighted by molar-refractivity contribution is 0.479. The molecule has 112 valence electrons. The first-order chi connectivity index (χ1) is 9.43. The summed E-state index contributed by atoms with van der Waals surface area (Å²) in [5.41, 5.74) is 2.51. The van der Waals surface area contributed by atoms with E-state index in [1.807, 2.05) is 13.0 Å². The quantitative estimate of drug-likeness (QED) is 0.841. The molecule has 0 heterocycles. The second-order valence-electron chi connectivity index (χ2n) is 5.69. The van der Waals surface area contributed by atoms with Crippen LogP contribution >= 0.6 is 0 Å². The fraction of sp³-hybridized carbons (Fsp3) is 0.600. The maximum Gasteiger partial charge on any atom is 0.211 e. The lowest BCUT2D eigenvalue weighted by atomic mass is 10.0. The third kappa shape index (κ3) is 4.03. The Morgan fingerprint density at radius 3 is 2.85 bits per heavy atom. The first-order valence-corrected chi connectivity index (χ1v) is 8.70. The van der Waals surface area contributed by atoms with Crippen molar-refractivity contribution < 1.29 is 12.8 Å². The Balaban J connectivity index is 1.91. The minimum atomic E-state index is -3.35. The second-order valence-corrected chi connectivity index (χ2v) is 7.56. The summed E-state index contributed by atoms with van der Waals surface area (Å²) >= 11 is 0. The van der Waals surface area contributed by atoms with Crippen LogP contribution in [0.3, 0.4) is 0 Å². The van der Waals surface area contributed by atoms with Gasteiger partial charge in [-0.25, -0.2) is 13.1 Å². The summed E-state index contributed by atoms with van der Waals surface area (Å²) in [5.74, 6) is 0.654. The zero-order chi connectivity index (χ0) is 14.8. The van der Waals surface area contributed by atoms with E-state index in [1.54, 1.807) is 0 Å². The Hall–Kier alpha value is -0.940. The van der Waals surface area contributed by atoms with E-state index in [0.717, 1.165) is 6.42 Å². The molecule has 1 aromatic carbocycles. The SMILES string of the molecule is Cc1cccc(C2CC2C(C)NS(=O)(=O)CCCF)c1. The lowest BCUT2D eigenvalue weighted by Gasteiger charge is -2.14. The molecule has 0 aromatic heterocycles. The van der Waals surface area contributed by atoms with Crippen LogP contribution in [-0.4, -0.2) is 26.9 Å². The van der Waals surface area contributed by atoms with Crippen LogP contribution in [-0.2, 0) is 10.0 Å². The summed E-state index contributed by atoms with van der Waals surface area (Å²) in [4.78, 5) is 0. The Kier molecular flexibility index (Phi) is 4.81. The molecule has 20 heavy (non-hydrogen) atoms. The zero-order valence-electron chi connectivity index (χ0n) is 12.0. The van der Waals surface area contributed by atoms with Crippen LogP contribution in [0.5, 0.6) is 0 Å². The van der Waals surface area contributed by atoms with Gasteiger partial charge in [0.15, 0.2) is 0 Å². The largest absolute Gasteiger partial charge is 0.251 e. The number of hydrogen-bond donors (Lipinski definition) is 1. The molecule has 0 radical (unpaired) electrons. The van der Waals surface area contributed by atoms with Gasteiger partial charge < -0.3 is 0 Å². The topological polar surface area (TPSA) is 46.2 Å². The van der Waals surface area contributed by atoms with Crippen LogP contribution in [0.15, 0.2) is 24.3 Å². The number of sulfonamides is 1. The van der Waals surface area contributed by atoms with Gasteiger partial charge in [-0.15, -0.1) is 0 Å². The van der Waals surface area contributed by atoms with E-state index in [2.05, 4.69) is 29.8 Å². The maximum atomic E-state index is 12.1. The molecule has 2 rings (SSSR count). The van der Waals surface area contributed by atoms with Gasteiger partial charge in [-0.3, -0.25) is 4.39 Å². The van der Waals surface area contributed by atoms with Crippen molar-refractivity contribution in [2.75, 3.05) is 12.4 Å². The molecule has 3 unspecified atom stereocenters. The van der Waals surface area contributed by atoms with E-state index in [9.17, 15) is 12.8 Å². The Labute approximate surface area is 120 Å². The highest BCUT2D eigenvalue weighted by molar-refractivity contribution is 7.89. The second kappa shape index (κ2) is 6.22. The highest BCUT2D eigenvalue weighted by Gasteiger charge is 2.43. The van der Waals surface area contributed by atoms with Gasteiger partial charge in [0.1, 0.15) is 0 Å². The average molecular weight is 299 g/mol. The molecule has 1 aliphatic rings. The van der Waals surface area contributed by atoms with E-state index in [1.165, 1.54) is 11.1 Å². The lowest BCUT2D eigenvalue weighted by Crippen LogP contribution is -2.36. The predicted molar refractivity (Wildman–Crippen MR) is 79.0 cm³/mol. The molecule has 0 amide bonds. The summed E-state index contributed by atoms with van der Waals surface area (Å²) in [7, 11) is -3.35. The molecule has 0 aliphatic heterocycles. The zero-order valence-corrected chi connectivity index (χ0v) is 12.8. The number of halogens is 1. The third-order valence-electron chi connectivity index (χ3n) is 3.86. The van der Waals surface area contributed by atoms with Crippen molar-refractivity contribution in [3.8, 4) is 0 Å². The monoisotopic (exact) mass is 299 g/mol. The van der Waals surface area contributed by atoms with Gasteiger partial charge in [-0.1, -0.05) is 29.8 Å². The Bertz CT molecular complexity index is 559. The summed E-state index contributed by atoms with van der Waals surface area (Å²) in [6, 6.07) is 8.27. The normalized spacial score (nSPS) is 23.6. The maximum absolute atomic E-state index is 12.1. The van der Waals surface area contributed by atoms with Crippen LogP contribution in [0.25, 0.3) is 0 Å². The number of hydrogen-bond acceptors (Lipinski definition) is 2. The molecular formula is C15H22FNO2S. The van der Waals surface area contributed by atoms with Crippen LogP contribution in [0, 0.1) is 12.8 Å². The van der Waals surface area contributed by atoms with Crippen molar-refractivity contribution >= 4 is 10.0 Å². The summed E-state index contributed by atoms with van der Waals surface area (Å²) in [6.07, 6.45) is 1.07. The van der Waals surface area contributed by atoms with Crippen molar-refractivity contribution in [3.05, 3.63) is 35.4 Å². The van der Waals surface area contributed by atoms with Crippen LogP contribution in [0.2, 0.25) is 0 Å². The van der Waals surface area contributed by atoms with Gasteiger partial charge in [-0.05, 0) is 44.1 Å². The van der Waals surface area contributed by atoms with Crippen LogP contribution in [0.1, 0.15) is 36.8 Å². The number of nitrogens with one attached hydrogen (secondary N) is 1. The first-order valence-electron chi connectivity index (χ1n) is 7.05. The minimum Gasteiger partial charge on any atom is -0.251 e. The first kappa shape index (κ1) is 15.4. The molecule has 0 bridgehead atoms. The van der Waals surface area contributed by atoms with Gasteiger partial charge >= 0.3 is 0 Å². The highest BCUT2D eigenvalue weighted by Crippen LogP contribution is 2.49. The summed E-state index contributed by atoms with van der Waals surface area (Å²) in [5, 5.41) is 0. The number of rotatable bonds is 7. The van der Waals surface area contributed by atoms with Crippen LogP contribution in [0.4, 0.5) is 4.39 Å². The van der Waals surface area contributed by atoms with Crippen molar-refractivity contribution in [3.63, 3.8) is 0 Å².